The van der Waals surface area contributed by atoms with E-state index in [9.17, 15) is 14.0 Å². The molecule has 1 fully saturated rings. The third-order valence-corrected chi connectivity index (χ3v) is 7.07. The number of carbonyl (C=O) groups excluding carboxylic acids is 2. The van der Waals surface area contributed by atoms with Gasteiger partial charge in [0.2, 0.25) is 0 Å². The van der Waals surface area contributed by atoms with Crippen LogP contribution in [0.25, 0.3) is 0 Å². The molecule has 0 radical (unpaired) electrons. The van der Waals surface area contributed by atoms with Gasteiger partial charge in [0, 0.05) is 50.8 Å². The third kappa shape index (κ3) is 7.28. The first-order chi connectivity index (χ1) is 19.4. The molecule has 2 aromatic rings. The van der Waals surface area contributed by atoms with Gasteiger partial charge in [-0.15, -0.1) is 0 Å². The molecule has 2 aliphatic heterocycles. The molecule has 10 nitrogen and oxygen atoms in total. The number of benzene rings is 2. The van der Waals surface area contributed by atoms with Gasteiger partial charge < -0.3 is 24.4 Å². The maximum atomic E-state index is 13.8. The molecule has 1 saturated heterocycles. The normalized spacial score (nSPS) is 17.4. The van der Waals surface area contributed by atoms with Crippen LogP contribution in [-0.2, 0) is 9.53 Å². The highest BCUT2D eigenvalue weighted by Crippen LogP contribution is 2.36. The number of morpholine rings is 1. The van der Waals surface area contributed by atoms with Crippen LogP contribution in [0.3, 0.4) is 0 Å². The predicted octanol–water partition coefficient (Wildman–Crippen LogP) is 3.27. The second-order valence-corrected chi connectivity index (χ2v) is 9.73. The van der Waals surface area contributed by atoms with E-state index in [1.807, 2.05) is 19.1 Å². The molecule has 1 atom stereocenters. The van der Waals surface area contributed by atoms with Crippen molar-refractivity contribution >= 4 is 17.6 Å². The van der Waals surface area contributed by atoms with Crippen molar-refractivity contribution in [3.8, 4) is 11.5 Å². The molecule has 40 heavy (non-hydrogen) atoms. The van der Waals surface area contributed by atoms with Gasteiger partial charge >= 0.3 is 6.03 Å². The fourth-order valence-corrected chi connectivity index (χ4v) is 4.80. The monoisotopic (exact) mass is 555 g/mol. The van der Waals surface area contributed by atoms with Gasteiger partial charge in [-0.1, -0.05) is 19.1 Å². The fourth-order valence-electron chi connectivity index (χ4n) is 4.80. The predicted molar refractivity (Wildman–Crippen MR) is 149 cm³/mol. The van der Waals surface area contributed by atoms with E-state index in [2.05, 4.69) is 10.2 Å². The summed E-state index contributed by atoms with van der Waals surface area (Å²) in [5, 5.41) is 9.04. The first-order valence-electron chi connectivity index (χ1n) is 13.6. The van der Waals surface area contributed by atoms with Crippen molar-refractivity contribution in [2.24, 2.45) is 5.10 Å². The zero-order chi connectivity index (χ0) is 28.5. The van der Waals surface area contributed by atoms with E-state index in [0.29, 0.717) is 56.5 Å². The summed E-state index contributed by atoms with van der Waals surface area (Å²) >= 11 is 0. The summed E-state index contributed by atoms with van der Waals surface area (Å²) in [5.41, 5.74) is 2.13. The highest BCUT2D eigenvalue weighted by Gasteiger charge is 2.35. The summed E-state index contributed by atoms with van der Waals surface area (Å²) in [6.07, 6.45) is 1.18. The molecule has 0 aromatic heterocycles. The summed E-state index contributed by atoms with van der Waals surface area (Å²) in [4.78, 5) is 30.6. The number of nitrogens with one attached hydrogen (secondary N) is 1. The van der Waals surface area contributed by atoms with Gasteiger partial charge in [-0.25, -0.2) is 14.2 Å². The van der Waals surface area contributed by atoms with E-state index in [4.69, 9.17) is 19.3 Å². The quantitative estimate of drug-likeness (QED) is 0.457. The number of ether oxygens (including phenoxy) is 3. The molecule has 2 aromatic carbocycles. The Bertz CT molecular complexity index is 1190. The maximum absolute atomic E-state index is 13.8. The van der Waals surface area contributed by atoms with Gasteiger partial charge in [0.15, 0.2) is 0 Å². The molecule has 0 saturated carbocycles. The number of halogens is 1. The number of nitrogens with zero attached hydrogens (tertiary/aromatic N) is 4. The molecular weight excluding hydrogens is 517 g/mol. The molecule has 1 unspecified atom stereocenters. The number of carbonyl (C=O) groups is 2. The zero-order valence-corrected chi connectivity index (χ0v) is 23.4. The summed E-state index contributed by atoms with van der Waals surface area (Å²) in [5.74, 6) is 0.512. The number of urea groups is 1. The van der Waals surface area contributed by atoms with E-state index in [1.54, 1.807) is 32.4 Å². The average Bonchev–Trinajstić information content (AvgIpc) is 3.44. The van der Waals surface area contributed by atoms with Crippen molar-refractivity contribution in [3.63, 3.8) is 0 Å². The van der Waals surface area contributed by atoms with Crippen molar-refractivity contribution in [2.75, 3.05) is 66.7 Å². The van der Waals surface area contributed by atoms with Gasteiger partial charge in [-0.2, -0.15) is 5.10 Å². The number of hydrogen-bond acceptors (Lipinski definition) is 7. The molecule has 1 N–H and O–H groups in total. The Morgan fingerprint density at radius 1 is 1.12 bits per heavy atom. The minimum Gasteiger partial charge on any atom is -0.497 e. The summed E-state index contributed by atoms with van der Waals surface area (Å²) < 4.78 is 30.1. The molecule has 216 valence electrons. The van der Waals surface area contributed by atoms with Crippen molar-refractivity contribution in [1.82, 2.24) is 20.1 Å². The maximum Gasteiger partial charge on any atom is 0.317 e. The molecule has 2 aliphatic rings. The van der Waals surface area contributed by atoms with Crippen LogP contribution < -0.4 is 14.8 Å². The average molecular weight is 556 g/mol. The molecule has 3 amide bonds. The minimum atomic E-state index is -0.463. The lowest BCUT2D eigenvalue weighted by atomic mass is 9.97. The molecule has 0 aliphatic carbocycles. The molecule has 11 heteroatoms. The minimum absolute atomic E-state index is 0.145. The van der Waals surface area contributed by atoms with Gasteiger partial charge in [0.25, 0.3) is 5.91 Å². The van der Waals surface area contributed by atoms with Crippen molar-refractivity contribution in [3.05, 3.63) is 59.4 Å². The number of rotatable bonds is 11. The number of hydrogen-bond donors (Lipinski definition) is 1. The Hall–Kier alpha value is -3.70. The number of amides is 3. The number of hydrazone groups is 1. The van der Waals surface area contributed by atoms with Crippen molar-refractivity contribution in [2.45, 2.75) is 25.8 Å². The van der Waals surface area contributed by atoms with Crippen LogP contribution in [0.4, 0.5) is 9.18 Å². The van der Waals surface area contributed by atoms with Gasteiger partial charge in [-0.05, 0) is 36.2 Å². The second-order valence-electron chi connectivity index (χ2n) is 9.73. The van der Waals surface area contributed by atoms with Crippen LogP contribution in [0.2, 0.25) is 0 Å². The lowest BCUT2D eigenvalue weighted by molar-refractivity contribution is -0.133. The van der Waals surface area contributed by atoms with E-state index < -0.39 is 6.04 Å². The third-order valence-electron chi connectivity index (χ3n) is 7.07. The first kappa shape index (κ1) is 29.3. The SMILES string of the molecule is CCCNC(=O)N(CCN1CCOCC1)CC(=O)N1N=C(c2ccc(OC)cc2OC)CC1c1ccc(F)cc1. The van der Waals surface area contributed by atoms with Crippen molar-refractivity contribution in [1.29, 1.82) is 0 Å². The smallest absolute Gasteiger partial charge is 0.317 e. The Morgan fingerprint density at radius 3 is 2.55 bits per heavy atom. The highest BCUT2D eigenvalue weighted by atomic mass is 19.1. The second kappa shape index (κ2) is 14.1. The Balaban J connectivity index is 1.59. The highest BCUT2D eigenvalue weighted by molar-refractivity contribution is 6.05. The van der Waals surface area contributed by atoms with Gasteiger partial charge in [-0.3, -0.25) is 9.69 Å². The van der Waals surface area contributed by atoms with Crippen LogP contribution in [0, 0.1) is 5.82 Å². The summed E-state index contributed by atoms with van der Waals surface area (Å²) in [6, 6.07) is 10.7. The van der Waals surface area contributed by atoms with Crippen LogP contribution in [-0.4, -0.2) is 99.2 Å². The Labute approximate surface area is 234 Å². The van der Waals surface area contributed by atoms with Crippen LogP contribution in [0.1, 0.15) is 36.9 Å². The Kier molecular flexibility index (Phi) is 10.3. The standard InChI is InChI=1S/C29H38FN5O5/c1-4-11-31-29(37)34(13-12-33-14-16-40-17-15-33)20-28(36)35-26(21-5-7-22(30)8-6-21)19-25(32-35)24-10-9-23(38-2)18-27(24)39-3/h5-10,18,26H,4,11-17,19-20H2,1-3H3,(H,31,37). The van der Waals surface area contributed by atoms with E-state index in [1.165, 1.54) is 22.0 Å². The summed E-state index contributed by atoms with van der Waals surface area (Å²) in [6.45, 7) is 6.25. The molecule has 0 bridgehead atoms. The van der Waals surface area contributed by atoms with E-state index in [0.717, 1.165) is 30.6 Å². The van der Waals surface area contributed by atoms with E-state index >= 15 is 0 Å². The fraction of sp³-hybridized carbons (Fsp3) is 0.483. The number of methoxy groups -OCH3 is 2. The van der Waals surface area contributed by atoms with Gasteiger partial charge in [0.05, 0.1) is 39.2 Å². The lowest BCUT2D eigenvalue weighted by Crippen LogP contribution is -2.49. The van der Waals surface area contributed by atoms with Crippen molar-refractivity contribution < 1.29 is 28.2 Å². The summed E-state index contributed by atoms with van der Waals surface area (Å²) in [7, 11) is 3.14. The van der Waals surface area contributed by atoms with E-state index in [-0.39, 0.29) is 24.3 Å². The molecule has 2 heterocycles. The van der Waals surface area contributed by atoms with Gasteiger partial charge in [0.1, 0.15) is 23.9 Å². The van der Waals surface area contributed by atoms with Crippen LogP contribution in [0.15, 0.2) is 47.6 Å². The lowest BCUT2D eigenvalue weighted by Gasteiger charge is -2.31. The zero-order valence-electron chi connectivity index (χ0n) is 23.4. The molecule has 0 spiro atoms. The Morgan fingerprint density at radius 2 is 1.88 bits per heavy atom. The van der Waals surface area contributed by atoms with Crippen LogP contribution in [0.5, 0.6) is 11.5 Å². The molecule has 4 rings (SSSR count). The largest absolute Gasteiger partial charge is 0.497 e. The topological polar surface area (TPSA) is 95.9 Å². The van der Waals surface area contributed by atoms with Crippen LogP contribution >= 0.6 is 0 Å². The molecular formula is C29H38FN5O5. The first-order valence-corrected chi connectivity index (χ1v) is 13.6.